The Bertz CT molecular complexity index is 995. The average Bonchev–Trinajstić information content (AvgIpc) is 3.21. The number of carbonyl (C=O) groups is 1. The molecule has 4 nitrogen and oxygen atoms in total. The van der Waals surface area contributed by atoms with Gasteiger partial charge >= 0.3 is 0 Å². The first kappa shape index (κ1) is 23.2. The van der Waals surface area contributed by atoms with Gasteiger partial charge in [-0.3, -0.25) is 4.79 Å². The first-order chi connectivity index (χ1) is 15.4. The van der Waals surface area contributed by atoms with E-state index < -0.39 is 9.83 Å². The summed E-state index contributed by atoms with van der Waals surface area (Å²) >= 11 is 19.3. The minimum absolute atomic E-state index is 0.267. The summed E-state index contributed by atoms with van der Waals surface area (Å²) < 4.78 is 3.87. The molecule has 1 amide bonds. The molecule has 1 aliphatic carbocycles. The van der Waals surface area contributed by atoms with E-state index in [1.807, 2.05) is 36.4 Å². The quantitative estimate of drug-likeness (QED) is 0.552. The molecule has 32 heavy (non-hydrogen) atoms. The number of halogens is 3. The molecule has 1 aliphatic heterocycles. The van der Waals surface area contributed by atoms with Crippen LogP contribution in [0.4, 0.5) is 0 Å². The summed E-state index contributed by atoms with van der Waals surface area (Å²) in [5.41, 5.74) is 4.83. The second-order valence-corrected chi connectivity index (χ2v) is 10.2. The molecular weight excluding hydrogens is 467 g/mol. The van der Waals surface area contributed by atoms with Gasteiger partial charge in [0.05, 0.1) is 19.3 Å². The van der Waals surface area contributed by atoms with E-state index in [-0.39, 0.29) is 5.91 Å². The van der Waals surface area contributed by atoms with Gasteiger partial charge in [0.25, 0.3) is 5.91 Å². The maximum atomic E-state index is 13.0. The lowest BCUT2D eigenvalue weighted by atomic mass is 10.0. The largest absolute Gasteiger partial charge is 0.378 e. The number of rotatable bonds is 5. The van der Waals surface area contributed by atoms with E-state index in [0.29, 0.717) is 25.2 Å². The summed E-state index contributed by atoms with van der Waals surface area (Å²) in [7, 11) is 0. The van der Waals surface area contributed by atoms with Gasteiger partial charge in [0.1, 0.15) is 0 Å². The molecule has 2 aromatic rings. The van der Waals surface area contributed by atoms with Crippen LogP contribution in [0.3, 0.4) is 0 Å². The second kappa shape index (κ2) is 10.3. The van der Waals surface area contributed by atoms with Crippen LogP contribution in [-0.2, 0) is 4.74 Å². The minimum Gasteiger partial charge on any atom is -0.378 e. The molecular formula is C25H25Cl3N2O2. The van der Waals surface area contributed by atoms with E-state index in [0.717, 1.165) is 36.3 Å². The predicted molar refractivity (Wildman–Crippen MR) is 131 cm³/mol. The summed E-state index contributed by atoms with van der Waals surface area (Å²) in [6.45, 7) is 2.79. The number of morpholine rings is 1. The van der Waals surface area contributed by atoms with E-state index >= 15 is 0 Å². The standard InChI is InChI=1S/C25H25Cl3N2O2/c26-25(27,28)23(29-24(31)19-9-5-2-6-10-19)21-12-11-20(17-18-7-3-1-4-8-18)22(21)30-13-15-32-16-14-30/h1-10,17,23H,11-16H2,(H,29,31)/b20-17-. The lowest BCUT2D eigenvalue weighted by Crippen LogP contribution is -2.46. The molecule has 7 heteroatoms. The van der Waals surface area contributed by atoms with Crippen molar-refractivity contribution < 1.29 is 9.53 Å². The number of allylic oxidation sites excluding steroid dienone is 1. The Balaban J connectivity index is 1.74. The smallest absolute Gasteiger partial charge is 0.251 e. The summed E-state index contributed by atoms with van der Waals surface area (Å²) in [5, 5.41) is 2.99. The minimum atomic E-state index is -1.69. The molecule has 1 unspecified atom stereocenters. The maximum absolute atomic E-state index is 13.0. The number of hydrogen-bond donors (Lipinski definition) is 1. The van der Waals surface area contributed by atoms with Gasteiger partial charge in [-0.25, -0.2) is 0 Å². The monoisotopic (exact) mass is 490 g/mol. The van der Waals surface area contributed by atoms with Crippen molar-refractivity contribution in [3.05, 3.63) is 88.6 Å². The Morgan fingerprint density at radius 1 is 0.969 bits per heavy atom. The van der Waals surface area contributed by atoms with Gasteiger partial charge in [-0.15, -0.1) is 0 Å². The van der Waals surface area contributed by atoms with Gasteiger partial charge in [-0.1, -0.05) is 83.3 Å². The molecule has 1 heterocycles. The molecule has 1 N–H and O–H groups in total. The number of carbonyl (C=O) groups excluding carboxylic acids is 1. The van der Waals surface area contributed by atoms with E-state index in [4.69, 9.17) is 39.5 Å². The fraction of sp³-hybridized carbons (Fsp3) is 0.320. The Morgan fingerprint density at radius 3 is 2.22 bits per heavy atom. The van der Waals surface area contributed by atoms with Crippen LogP contribution < -0.4 is 5.32 Å². The average molecular weight is 492 g/mol. The van der Waals surface area contributed by atoms with E-state index in [1.165, 1.54) is 5.57 Å². The van der Waals surface area contributed by atoms with E-state index in [2.05, 4.69) is 28.4 Å². The Labute approximate surface area is 203 Å². The van der Waals surface area contributed by atoms with Gasteiger partial charge in [0, 0.05) is 24.4 Å². The zero-order valence-electron chi connectivity index (χ0n) is 17.6. The third-order valence-electron chi connectivity index (χ3n) is 5.73. The van der Waals surface area contributed by atoms with Gasteiger partial charge in [-0.2, -0.15) is 0 Å². The van der Waals surface area contributed by atoms with Crippen LogP contribution >= 0.6 is 34.8 Å². The number of benzene rings is 2. The van der Waals surface area contributed by atoms with Crippen LogP contribution in [-0.4, -0.2) is 46.9 Å². The lowest BCUT2D eigenvalue weighted by molar-refractivity contribution is 0.0544. The number of alkyl halides is 3. The summed E-state index contributed by atoms with van der Waals surface area (Å²) in [4.78, 5) is 15.2. The first-order valence-corrected chi connectivity index (χ1v) is 11.8. The normalized spacial score (nSPS) is 19.3. The van der Waals surface area contributed by atoms with Crippen molar-refractivity contribution in [2.24, 2.45) is 0 Å². The summed E-state index contributed by atoms with van der Waals surface area (Å²) in [6, 6.07) is 18.4. The molecule has 0 aromatic heterocycles. The molecule has 1 atom stereocenters. The molecule has 2 aliphatic rings. The fourth-order valence-corrected chi connectivity index (χ4v) is 4.81. The van der Waals surface area contributed by atoms with Crippen molar-refractivity contribution in [1.29, 1.82) is 0 Å². The molecule has 1 fully saturated rings. The zero-order chi connectivity index (χ0) is 22.6. The number of nitrogens with one attached hydrogen (secondary N) is 1. The highest BCUT2D eigenvalue weighted by Gasteiger charge is 2.41. The van der Waals surface area contributed by atoms with Crippen molar-refractivity contribution in [1.82, 2.24) is 10.2 Å². The zero-order valence-corrected chi connectivity index (χ0v) is 19.8. The molecule has 2 aromatic carbocycles. The Morgan fingerprint density at radius 2 is 1.59 bits per heavy atom. The first-order valence-electron chi connectivity index (χ1n) is 10.7. The molecule has 0 saturated carbocycles. The lowest BCUT2D eigenvalue weighted by Gasteiger charge is -2.34. The SMILES string of the molecule is O=C(NC(C1=C(N2CCOCC2)/C(=C\c2ccccc2)CC1)C(Cl)(Cl)Cl)c1ccccc1. The van der Waals surface area contributed by atoms with Gasteiger partial charge in [0.15, 0.2) is 0 Å². The highest BCUT2D eigenvalue weighted by atomic mass is 35.6. The molecule has 1 saturated heterocycles. The number of nitrogens with zero attached hydrogens (tertiary/aromatic N) is 1. The highest BCUT2D eigenvalue weighted by Crippen LogP contribution is 2.43. The van der Waals surface area contributed by atoms with E-state index in [9.17, 15) is 4.79 Å². The molecule has 0 radical (unpaired) electrons. The topological polar surface area (TPSA) is 41.6 Å². The summed E-state index contributed by atoms with van der Waals surface area (Å²) in [6.07, 6.45) is 3.71. The second-order valence-electron chi connectivity index (χ2n) is 7.87. The van der Waals surface area contributed by atoms with E-state index in [1.54, 1.807) is 12.1 Å². The van der Waals surface area contributed by atoms with Crippen molar-refractivity contribution >= 4 is 46.8 Å². The van der Waals surface area contributed by atoms with Crippen LogP contribution in [0.1, 0.15) is 28.8 Å². The van der Waals surface area contributed by atoms with Gasteiger partial charge in [-0.05, 0) is 47.8 Å². The van der Waals surface area contributed by atoms with Crippen LogP contribution in [0.25, 0.3) is 6.08 Å². The van der Waals surface area contributed by atoms with Gasteiger partial charge in [0.2, 0.25) is 3.79 Å². The molecule has 0 spiro atoms. The Hall–Kier alpha value is -1.98. The van der Waals surface area contributed by atoms with Crippen molar-refractivity contribution in [2.75, 3.05) is 26.3 Å². The Kier molecular flexibility index (Phi) is 7.47. The van der Waals surface area contributed by atoms with Crippen molar-refractivity contribution in [3.63, 3.8) is 0 Å². The number of ether oxygens (including phenoxy) is 1. The summed E-state index contributed by atoms with van der Waals surface area (Å²) in [5.74, 6) is -0.267. The van der Waals surface area contributed by atoms with Crippen molar-refractivity contribution in [3.8, 4) is 0 Å². The third-order valence-corrected chi connectivity index (χ3v) is 6.38. The van der Waals surface area contributed by atoms with Crippen molar-refractivity contribution in [2.45, 2.75) is 22.7 Å². The van der Waals surface area contributed by atoms with Gasteiger partial charge < -0.3 is 15.0 Å². The van der Waals surface area contributed by atoms with Crippen LogP contribution in [0.5, 0.6) is 0 Å². The van der Waals surface area contributed by atoms with Crippen LogP contribution in [0.2, 0.25) is 0 Å². The molecule has 4 rings (SSSR count). The fourth-order valence-electron chi connectivity index (χ4n) is 4.25. The highest BCUT2D eigenvalue weighted by molar-refractivity contribution is 6.68. The van der Waals surface area contributed by atoms with Crippen LogP contribution in [0, 0.1) is 0 Å². The predicted octanol–water partition coefficient (Wildman–Crippen LogP) is 5.62. The number of hydrogen-bond acceptors (Lipinski definition) is 3. The maximum Gasteiger partial charge on any atom is 0.251 e. The van der Waals surface area contributed by atoms with Crippen LogP contribution in [0.15, 0.2) is 77.5 Å². The molecule has 168 valence electrons. The molecule has 0 bridgehead atoms. The number of amides is 1. The third kappa shape index (κ3) is 5.49.